The minimum atomic E-state index is -1.50. The normalized spacial score (nSPS) is 12.4. The van der Waals surface area contributed by atoms with E-state index in [2.05, 4.69) is 31.2 Å². The van der Waals surface area contributed by atoms with E-state index < -0.39 is 48.4 Å². The van der Waals surface area contributed by atoms with Gasteiger partial charge in [0.25, 0.3) is 0 Å². The largest absolute Gasteiger partial charge is 0.487 e. The van der Waals surface area contributed by atoms with E-state index in [1.807, 2.05) is 24.3 Å². The number of imidazole rings is 1. The average molecular weight is 804 g/mol. The molecule has 0 spiro atoms. The summed E-state index contributed by atoms with van der Waals surface area (Å²) in [7, 11) is 0. The number of carboxylic acid groups (broad SMARTS) is 4. The van der Waals surface area contributed by atoms with Crippen LogP contribution < -0.4 is 37.5 Å². The number of benzene rings is 1. The molecule has 0 bridgehead atoms. The SMILES string of the molecule is NCCCN/C=C(\N)COc1ccc(CN(CCCCCC(=O)NCCCCC(NC(=O)NC(CCC(=O)O)C(=O)O)C(=O)O)Cc2nccn2CC(=O)O)cc1. The van der Waals surface area contributed by atoms with Crippen LogP contribution in [-0.2, 0) is 43.6 Å². The average Bonchev–Trinajstić information content (AvgIpc) is 3.58. The zero-order valence-corrected chi connectivity index (χ0v) is 32.1. The first kappa shape index (κ1) is 47.3. The number of nitrogens with two attached hydrogens (primary N) is 2. The van der Waals surface area contributed by atoms with Crippen molar-refractivity contribution in [3.05, 3.63) is 59.9 Å². The summed E-state index contributed by atoms with van der Waals surface area (Å²) in [5.41, 5.74) is 13.0. The van der Waals surface area contributed by atoms with E-state index in [1.165, 1.54) is 0 Å². The fourth-order valence-corrected chi connectivity index (χ4v) is 5.49. The molecule has 2 unspecified atom stereocenters. The first-order valence-electron chi connectivity index (χ1n) is 18.8. The molecule has 0 fully saturated rings. The van der Waals surface area contributed by atoms with Crippen molar-refractivity contribution in [2.45, 2.75) is 95.9 Å². The molecule has 0 radical (unpaired) electrons. The summed E-state index contributed by atoms with van der Waals surface area (Å²) in [4.78, 5) is 76.2. The maximum Gasteiger partial charge on any atom is 0.326 e. The van der Waals surface area contributed by atoms with Gasteiger partial charge in [0.2, 0.25) is 5.91 Å². The molecular weight excluding hydrogens is 746 g/mol. The lowest BCUT2D eigenvalue weighted by atomic mass is 10.1. The second-order valence-corrected chi connectivity index (χ2v) is 13.3. The van der Waals surface area contributed by atoms with Crippen molar-refractivity contribution in [1.29, 1.82) is 0 Å². The Morgan fingerprint density at radius 1 is 0.825 bits per heavy atom. The predicted molar refractivity (Wildman–Crippen MR) is 207 cm³/mol. The lowest BCUT2D eigenvalue weighted by Gasteiger charge is -2.23. The number of nitrogens with one attached hydrogen (secondary N) is 4. The molecule has 0 aliphatic heterocycles. The van der Waals surface area contributed by atoms with Crippen LogP contribution in [0.15, 0.2) is 48.6 Å². The van der Waals surface area contributed by atoms with Crippen LogP contribution >= 0.6 is 0 Å². The molecule has 57 heavy (non-hydrogen) atoms. The topological polar surface area (TPSA) is 314 Å². The Hall–Kier alpha value is -5.89. The van der Waals surface area contributed by atoms with Crippen LogP contribution in [0.2, 0.25) is 0 Å². The summed E-state index contributed by atoms with van der Waals surface area (Å²) in [5.74, 6) is -3.85. The maximum atomic E-state index is 12.5. The second-order valence-electron chi connectivity index (χ2n) is 13.3. The number of aliphatic carboxylic acids is 4. The van der Waals surface area contributed by atoms with Crippen molar-refractivity contribution in [2.24, 2.45) is 11.5 Å². The van der Waals surface area contributed by atoms with Crippen LogP contribution in [0.25, 0.3) is 0 Å². The van der Waals surface area contributed by atoms with Gasteiger partial charge in [0.05, 0.1) is 12.2 Å². The van der Waals surface area contributed by atoms with Gasteiger partial charge in [-0.25, -0.2) is 19.4 Å². The standard InChI is InChI=1S/C37H57N9O11/c38-15-6-16-40-21-27(39)25-57-28-11-9-26(10-12-28)22-45(23-31-41-18-20-46(31)24-34(50)51)19-5-1-2-8-32(47)42-17-4-3-7-29(35(52)53)43-37(56)44-30(36(54)55)13-14-33(48)49/h9-12,18,20-21,29-30,40H,1-8,13-17,19,22-25,38-39H2,(H,42,47)(H,48,49)(H,50,51)(H,52,53)(H,54,55)(H2,43,44,56)/b27-21-. The van der Waals surface area contributed by atoms with Crippen LogP contribution in [0, 0.1) is 0 Å². The fourth-order valence-electron chi connectivity index (χ4n) is 5.49. The Morgan fingerprint density at radius 2 is 1.53 bits per heavy atom. The van der Waals surface area contributed by atoms with Gasteiger partial charge in [0, 0.05) is 51.1 Å². The minimum Gasteiger partial charge on any atom is -0.487 e. The monoisotopic (exact) mass is 803 g/mol. The highest BCUT2D eigenvalue weighted by Gasteiger charge is 2.25. The van der Waals surface area contributed by atoms with Crippen molar-refractivity contribution < 1.29 is 53.9 Å². The summed E-state index contributed by atoms with van der Waals surface area (Å²) in [6.07, 6.45) is 8.13. The molecule has 0 aliphatic rings. The van der Waals surface area contributed by atoms with Gasteiger partial charge < -0.3 is 62.5 Å². The molecule has 316 valence electrons. The first-order chi connectivity index (χ1) is 27.3. The van der Waals surface area contributed by atoms with Crippen molar-refractivity contribution in [3.8, 4) is 5.75 Å². The number of amides is 3. The molecule has 1 heterocycles. The van der Waals surface area contributed by atoms with E-state index in [0.717, 1.165) is 31.4 Å². The number of carbonyl (C=O) groups excluding carboxylic acids is 2. The van der Waals surface area contributed by atoms with E-state index in [0.29, 0.717) is 75.7 Å². The number of carboxylic acids is 4. The minimum absolute atomic E-state index is 0.0252. The molecule has 0 aliphatic carbocycles. The third-order valence-electron chi connectivity index (χ3n) is 8.49. The quantitative estimate of drug-likeness (QED) is 0.0476. The molecule has 3 amide bonds. The number of hydrogen-bond acceptors (Lipinski definition) is 12. The van der Waals surface area contributed by atoms with E-state index in [9.17, 15) is 44.1 Å². The number of aromatic nitrogens is 2. The van der Waals surface area contributed by atoms with Gasteiger partial charge in [-0.2, -0.15) is 0 Å². The van der Waals surface area contributed by atoms with Crippen molar-refractivity contribution in [2.75, 3.05) is 32.8 Å². The van der Waals surface area contributed by atoms with Gasteiger partial charge in [0.1, 0.15) is 36.8 Å². The highest BCUT2D eigenvalue weighted by Crippen LogP contribution is 2.17. The maximum absolute atomic E-state index is 12.5. The van der Waals surface area contributed by atoms with E-state index in [4.69, 9.17) is 21.3 Å². The molecule has 1 aromatic carbocycles. The number of hydrogen-bond donors (Lipinski definition) is 10. The molecule has 1 aromatic heterocycles. The fraction of sp³-hybridized carbons (Fsp3) is 0.541. The van der Waals surface area contributed by atoms with Crippen molar-refractivity contribution >= 4 is 35.8 Å². The zero-order valence-electron chi connectivity index (χ0n) is 32.1. The number of unbranched alkanes of at least 4 members (excludes halogenated alkanes) is 3. The predicted octanol–water partition coefficient (Wildman–Crippen LogP) is 1.00. The Balaban J connectivity index is 1.79. The highest BCUT2D eigenvalue weighted by atomic mass is 16.5. The molecule has 20 nitrogen and oxygen atoms in total. The number of ether oxygens (including phenoxy) is 1. The molecule has 2 rings (SSSR count). The van der Waals surface area contributed by atoms with Crippen LogP contribution in [0.4, 0.5) is 4.79 Å². The molecule has 0 saturated heterocycles. The Labute approximate surface area is 331 Å². The third kappa shape index (κ3) is 21.1. The van der Waals surface area contributed by atoms with Crippen LogP contribution in [0.1, 0.15) is 75.6 Å². The summed E-state index contributed by atoms with van der Waals surface area (Å²) >= 11 is 0. The van der Waals surface area contributed by atoms with Gasteiger partial charge >= 0.3 is 29.9 Å². The number of rotatable bonds is 31. The number of carbonyl (C=O) groups is 6. The first-order valence-corrected chi connectivity index (χ1v) is 18.8. The van der Waals surface area contributed by atoms with E-state index in [1.54, 1.807) is 23.2 Å². The molecule has 2 aromatic rings. The van der Waals surface area contributed by atoms with Crippen LogP contribution in [0.3, 0.4) is 0 Å². The highest BCUT2D eigenvalue weighted by molar-refractivity contribution is 5.86. The molecule has 0 saturated carbocycles. The zero-order chi connectivity index (χ0) is 42.0. The third-order valence-corrected chi connectivity index (χ3v) is 8.49. The van der Waals surface area contributed by atoms with Crippen LogP contribution in [0.5, 0.6) is 5.75 Å². The Kier molecular flexibility index (Phi) is 22.2. The molecular formula is C37H57N9O11. The number of nitrogens with zero attached hydrogens (tertiary/aromatic N) is 3. The summed E-state index contributed by atoms with van der Waals surface area (Å²) in [6.45, 7) is 3.26. The van der Waals surface area contributed by atoms with E-state index in [-0.39, 0.29) is 31.9 Å². The van der Waals surface area contributed by atoms with Crippen LogP contribution in [-0.4, -0.2) is 116 Å². The summed E-state index contributed by atoms with van der Waals surface area (Å²) in [5, 5.41) is 46.9. The second kappa shape index (κ2) is 26.8. The molecule has 2 atom stereocenters. The lowest BCUT2D eigenvalue weighted by Crippen LogP contribution is -2.51. The van der Waals surface area contributed by atoms with Gasteiger partial charge in [-0.3, -0.25) is 19.3 Å². The summed E-state index contributed by atoms with van der Waals surface area (Å²) in [6, 6.07) is 3.78. The molecule has 20 heteroatoms. The van der Waals surface area contributed by atoms with Crippen molar-refractivity contribution in [1.82, 2.24) is 35.7 Å². The van der Waals surface area contributed by atoms with Gasteiger partial charge in [-0.15, -0.1) is 0 Å². The molecule has 12 N–H and O–H groups in total. The van der Waals surface area contributed by atoms with E-state index >= 15 is 0 Å². The Bertz CT molecular complexity index is 1600. The Morgan fingerprint density at radius 3 is 2.18 bits per heavy atom. The smallest absolute Gasteiger partial charge is 0.326 e. The van der Waals surface area contributed by atoms with Gasteiger partial charge in [0.15, 0.2) is 0 Å². The lowest BCUT2D eigenvalue weighted by molar-refractivity contribution is -0.141. The van der Waals surface area contributed by atoms with Crippen molar-refractivity contribution in [3.63, 3.8) is 0 Å². The van der Waals surface area contributed by atoms with Gasteiger partial charge in [-0.05, 0) is 75.7 Å². The number of urea groups is 1. The van der Waals surface area contributed by atoms with Gasteiger partial charge in [-0.1, -0.05) is 18.6 Å². The summed E-state index contributed by atoms with van der Waals surface area (Å²) < 4.78 is 7.39.